The second-order valence-corrected chi connectivity index (χ2v) is 6.88. The summed E-state index contributed by atoms with van der Waals surface area (Å²) in [5.74, 6) is 0.820. The maximum atomic E-state index is 11.4. The number of nitrogens with two attached hydrogens (primary N) is 1. The SMILES string of the molecule is NCCS(=O)(=O)CCOc1ccc2c(c1)CCC2. The van der Waals surface area contributed by atoms with Gasteiger partial charge < -0.3 is 10.5 Å². The second kappa shape index (κ2) is 5.71. The largest absolute Gasteiger partial charge is 0.493 e. The first-order valence-electron chi connectivity index (χ1n) is 6.26. The molecule has 0 fully saturated rings. The molecule has 2 rings (SSSR count). The third-order valence-electron chi connectivity index (χ3n) is 3.16. The van der Waals surface area contributed by atoms with Gasteiger partial charge in [-0.05, 0) is 42.5 Å². The van der Waals surface area contributed by atoms with E-state index in [-0.39, 0.29) is 24.7 Å². The summed E-state index contributed by atoms with van der Waals surface area (Å²) in [7, 11) is -3.06. The number of sulfone groups is 1. The summed E-state index contributed by atoms with van der Waals surface area (Å²) in [5, 5.41) is 0. The van der Waals surface area contributed by atoms with Crippen molar-refractivity contribution < 1.29 is 13.2 Å². The van der Waals surface area contributed by atoms with Crippen molar-refractivity contribution >= 4 is 9.84 Å². The van der Waals surface area contributed by atoms with E-state index in [1.807, 2.05) is 12.1 Å². The molecule has 0 spiro atoms. The molecule has 1 aromatic carbocycles. The molecule has 0 heterocycles. The van der Waals surface area contributed by atoms with E-state index < -0.39 is 9.84 Å². The van der Waals surface area contributed by atoms with Crippen molar-refractivity contribution in [1.82, 2.24) is 0 Å². The maximum Gasteiger partial charge on any atom is 0.154 e. The van der Waals surface area contributed by atoms with E-state index in [2.05, 4.69) is 6.07 Å². The molecule has 1 aromatic rings. The Hall–Kier alpha value is -1.07. The van der Waals surface area contributed by atoms with Crippen LogP contribution >= 0.6 is 0 Å². The van der Waals surface area contributed by atoms with Gasteiger partial charge in [-0.3, -0.25) is 0 Å². The topological polar surface area (TPSA) is 69.4 Å². The molecular formula is C13H19NO3S. The van der Waals surface area contributed by atoms with Gasteiger partial charge in [0.1, 0.15) is 12.4 Å². The van der Waals surface area contributed by atoms with Crippen molar-refractivity contribution in [3.63, 3.8) is 0 Å². The lowest BCUT2D eigenvalue weighted by atomic mass is 10.1. The molecule has 0 amide bonds. The molecule has 2 N–H and O–H groups in total. The fourth-order valence-electron chi connectivity index (χ4n) is 2.21. The van der Waals surface area contributed by atoms with E-state index in [0.717, 1.165) is 18.6 Å². The van der Waals surface area contributed by atoms with E-state index >= 15 is 0 Å². The van der Waals surface area contributed by atoms with Crippen molar-refractivity contribution in [3.8, 4) is 5.75 Å². The molecule has 0 saturated heterocycles. The lowest BCUT2D eigenvalue weighted by Gasteiger charge is -2.08. The number of fused-ring (bicyclic) bond motifs is 1. The van der Waals surface area contributed by atoms with Crippen LogP contribution in [0.3, 0.4) is 0 Å². The molecule has 4 nitrogen and oxygen atoms in total. The fraction of sp³-hybridized carbons (Fsp3) is 0.538. The summed E-state index contributed by atoms with van der Waals surface area (Å²) in [6.45, 7) is 0.363. The number of rotatable bonds is 6. The Morgan fingerprint density at radius 3 is 2.72 bits per heavy atom. The van der Waals surface area contributed by atoms with Gasteiger partial charge in [-0.15, -0.1) is 0 Å². The normalized spacial score (nSPS) is 14.5. The molecule has 0 atom stereocenters. The Morgan fingerprint density at radius 2 is 1.94 bits per heavy atom. The quantitative estimate of drug-likeness (QED) is 0.834. The Balaban J connectivity index is 1.87. The van der Waals surface area contributed by atoms with Crippen molar-refractivity contribution in [2.24, 2.45) is 5.73 Å². The van der Waals surface area contributed by atoms with Crippen LogP contribution in [-0.4, -0.2) is 33.1 Å². The number of hydrogen-bond donors (Lipinski definition) is 1. The minimum Gasteiger partial charge on any atom is -0.493 e. The lowest BCUT2D eigenvalue weighted by molar-refractivity contribution is 0.340. The molecule has 0 unspecified atom stereocenters. The Morgan fingerprint density at radius 1 is 1.17 bits per heavy atom. The highest BCUT2D eigenvalue weighted by molar-refractivity contribution is 7.91. The van der Waals surface area contributed by atoms with Crippen LogP contribution < -0.4 is 10.5 Å². The summed E-state index contributed by atoms with van der Waals surface area (Å²) in [6.07, 6.45) is 3.43. The van der Waals surface area contributed by atoms with Gasteiger partial charge in [-0.1, -0.05) is 6.07 Å². The lowest BCUT2D eigenvalue weighted by Crippen LogP contribution is -2.22. The smallest absolute Gasteiger partial charge is 0.154 e. The van der Waals surface area contributed by atoms with Gasteiger partial charge in [-0.25, -0.2) is 8.42 Å². The Kier molecular flexibility index (Phi) is 4.24. The number of hydrogen-bond acceptors (Lipinski definition) is 4. The maximum absolute atomic E-state index is 11.4. The van der Waals surface area contributed by atoms with Crippen molar-refractivity contribution in [2.45, 2.75) is 19.3 Å². The van der Waals surface area contributed by atoms with Crippen molar-refractivity contribution in [2.75, 3.05) is 24.7 Å². The number of benzene rings is 1. The minimum atomic E-state index is -3.06. The van der Waals surface area contributed by atoms with Gasteiger partial charge in [0.2, 0.25) is 0 Å². The first kappa shape index (κ1) is 13.4. The number of ether oxygens (including phenoxy) is 1. The molecule has 5 heteroatoms. The average Bonchev–Trinajstić information content (AvgIpc) is 2.75. The molecule has 18 heavy (non-hydrogen) atoms. The van der Waals surface area contributed by atoms with E-state index in [4.69, 9.17) is 10.5 Å². The van der Waals surface area contributed by atoms with E-state index in [9.17, 15) is 8.42 Å². The second-order valence-electron chi connectivity index (χ2n) is 4.57. The Bertz CT molecular complexity index is 511. The van der Waals surface area contributed by atoms with E-state index in [1.165, 1.54) is 17.5 Å². The van der Waals surface area contributed by atoms with Crippen LogP contribution in [0, 0.1) is 0 Å². The summed E-state index contributed by atoms with van der Waals surface area (Å²) >= 11 is 0. The third-order valence-corrected chi connectivity index (χ3v) is 4.81. The van der Waals surface area contributed by atoms with Crippen LogP contribution in [0.5, 0.6) is 5.75 Å². The summed E-state index contributed by atoms with van der Waals surface area (Å²) < 4.78 is 28.4. The molecular weight excluding hydrogens is 250 g/mol. The van der Waals surface area contributed by atoms with Crippen LogP contribution in [0.1, 0.15) is 17.5 Å². The first-order valence-corrected chi connectivity index (χ1v) is 8.08. The summed E-state index contributed by atoms with van der Waals surface area (Å²) in [5.41, 5.74) is 7.96. The Labute approximate surface area is 108 Å². The molecule has 1 aliphatic carbocycles. The zero-order valence-corrected chi connectivity index (χ0v) is 11.2. The average molecular weight is 269 g/mol. The highest BCUT2D eigenvalue weighted by Gasteiger charge is 2.12. The summed E-state index contributed by atoms with van der Waals surface area (Å²) in [6, 6.07) is 6.02. The zero-order valence-electron chi connectivity index (χ0n) is 10.4. The first-order chi connectivity index (χ1) is 8.61. The summed E-state index contributed by atoms with van der Waals surface area (Å²) in [4.78, 5) is 0. The van der Waals surface area contributed by atoms with Crippen molar-refractivity contribution in [1.29, 1.82) is 0 Å². The number of aryl methyl sites for hydroxylation is 2. The standard InChI is InChI=1S/C13H19NO3S/c14-6-8-18(15,16)9-7-17-13-5-4-11-2-1-3-12(11)10-13/h4-5,10H,1-3,6-9,14H2. The highest BCUT2D eigenvalue weighted by Crippen LogP contribution is 2.25. The van der Waals surface area contributed by atoms with E-state index in [0.29, 0.717) is 0 Å². The molecule has 0 aromatic heterocycles. The van der Waals surface area contributed by atoms with Crippen molar-refractivity contribution in [3.05, 3.63) is 29.3 Å². The van der Waals surface area contributed by atoms with Crippen LogP contribution in [0.25, 0.3) is 0 Å². The van der Waals surface area contributed by atoms with Crippen LogP contribution in [0.15, 0.2) is 18.2 Å². The van der Waals surface area contributed by atoms with Gasteiger partial charge in [0, 0.05) is 6.54 Å². The molecule has 0 radical (unpaired) electrons. The molecule has 0 aliphatic heterocycles. The molecule has 0 saturated carbocycles. The van der Waals surface area contributed by atoms with Crippen LogP contribution in [0.2, 0.25) is 0 Å². The molecule has 1 aliphatic rings. The monoisotopic (exact) mass is 269 g/mol. The van der Waals surface area contributed by atoms with Gasteiger partial charge in [0.25, 0.3) is 0 Å². The highest BCUT2D eigenvalue weighted by atomic mass is 32.2. The van der Waals surface area contributed by atoms with Gasteiger partial charge >= 0.3 is 0 Å². The van der Waals surface area contributed by atoms with Crippen LogP contribution in [0.4, 0.5) is 0 Å². The van der Waals surface area contributed by atoms with Gasteiger partial charge in [-0.2, -0.15) is 0 Å². The van der Waals surface area contributed by atoms with Gasteiger partial charge in [0.15, 0.2) is 9.84 Å². The molecule has 0 bridgehead atoms. The zero-order chi connectivity index (χ0) is 13.0. The van der Waals surface area contributed by atoms with Gasteiger partial charge in [0.05, 0.1) is 11.5 Å². The fourth-order valence-corrected chi connectivity index (χ4v) is 3.11. The molecule has 100 valence electrons. The van der Waals surface area contributed by atoms with E-state index in [1.54, 1.807) is 0 Å². The third kappa shape index (κ3) is 3.46. The predicted molar refractivity (Wildman–Crippen MR) is 71.7 cm³/mol. The van der Waals surface area contributed by atoms with Crippen LogP contribution in [-0.2, 0) is 22.7 Å². The predicted octanol–water partition coefficient (Wildman–Crippen LogP) is 0.928. The minimum absolute atomic E-state index is 0.0283.